The van der Waals surface area contributed by atoms with Crippen LogP contribution >= 0.6 is 11.3 Å². The molecule has 0 spiro atoms. The molecule has 28 heavy (non-hydrogen) atoms. The first-order valence-corrected chi connectivity index (χ1v) is 13.3. The maximum atomic E-state index is 11.5. The lowest BCUT2D eigenvalue weighted by Gasteiger charge is -2.45. The van der Waals surface area contributed by atoms with Crippen LogP contribution in [0.5, 0.6) is 0 Å². The zero-order valence-electron chi connectivity index (χ0n) is 17.2. The number of nitrogen functional groups attached to an aromatic ring is 1. The van der Waals surface area contributed by atoms with E-state index in [4.69, 9.17) is 10.2 Å². The monoisotopic (exact) mass is 422 g/mol. The molecule has 7 nitrogen and oxygen atoms in total. The predicted octanol–water partition coefficient (Wildman–Crippen LogP) is 4.12. The van der Waals surface area contributed by atoms with E-state index in [9.17, 15) is 9.90 Å². The molecule has 1 aliphatic rings. The van der Waals surface area contributed by atoms with Crippen molar-refractivity contribution in [3.8, 4) is 0 Å². The number of aromatic nitrogens is 1. The molecule has 2 aromatic rings. The summed E-state index contributed by atoms with van der Waals surface area (Å²) in [5.41, 5.74) is 8.74. The summed E-state index contributed by atoms with van der Waals surface area (Å²) in [5.74, 6) is 0. The average Bonchev–Trinajstić information content (AvgIpc) is 3.03. The fourth-order valence-corrected chi connectivity index (χ4v) is 5.69. The van der Waals surface area contributed by atoms with Crippen molar-refractivity contribution < 1.29 is 14.3 Å². The van der Waals surface area contributed by atoms with Crippen LogP contribution in [0.25, 0.3) is 10.2 Å². The first-order valence-electron chi connectivity index (χ1n) is 9.53. The third kappa shape index (κ3) is 4.11. The van der Waals surface area contributed by atoms with E-state index < -0.39 is 14.4 Å². The van der Waals surface area contributed by atoms with Crippen LogP contribution < -0.4 is 16.0 Å². The minimum Gasteiger partial charge on any atom is -0.465 e. The summed E-state index contributed by atoms with van der Waals surface area (Å²) in [5, 5.41) is 14.1. The number of hydrogen-bond acceptors (Lipinski definition) is 6. The van der Waals surface area contributed by atoms with E-state index in [1.54, 1.807) is 17.5 Å². The normalized spacial score (nSPS) is 21.1. The highest BCUT2D eigenvalue weighted by molar-refractivity contribution is 7.17. The van der Waals surface area contributed by atoms with Gasteiger partial charge in [0.15, 0.2) is 8.32 Å². The van der Waals surface area contributed by atoms with Gasteiger partial charge in [0.25, 0.3) is 0 Å². The molecular weight excluding hydrogens is 392 g/mol. The van der Waals surface area contributed by atoms with Crippen LogP contribution in [0.1, 0.15) is 27.2 Å². The minimum absolute atomic E-state index is 0.0660. The van der Waals surface area contributed by atoms with Crippen LogP contribution in [0.2, 0.25) is 18.1 Å². The number of nitrogens with zero attached hydrogens (tertiary/aromatic N) is 2. The molecule has 3 heterocycles. The van der Waals surface area contributed by atoms with E-state index in [1.807, 2.05) is 11.4 Å². The first kappa shape index (κ1) is 20.9. The Balaban J connectivity index is 1.87. The largest absolute Gasteiger partial charge is 0.465 e. The van der Waals surface area contributed by atoms with E-state index in [0.717, 1.165) is 28.9 Å². The van der Waals surface area contributed by atoms with Crippen LogP contribution in [0.15, 0.2) is 17.6 Å². The van der Waals surface area contributed by atoms with Gasteiger partial charge < -0.3 is 25.5 Å². The molecule has 1 amide bonds. The molecule has 0 aliphatic carbocycles. The number of hydrogen-bond donors (Lipinski definition) is 3. The number of carboxylic acid groups (broad SMARTS) is 1. The molecular formula is C19H30N4O3SSi. The SMILES string of the molecule is CC(C)(C)[Si](C)(C)OC1CCN(c2c(N)cnc3ccsc23)CC1NC(=O)O. The maximum Gasteiger partial charge on any atom is 0.405 e. The molecule has 3 rings (SSSR count). The molecule has 4 N–H and O–H groups in total. The van der Waals surface area contributed by atoms with Gasteiger partial charge in [-0.2, -0.15) is 0 Å². The van der Waals surface area contributed by atoms with Crippen LogP contribution in [0.4, 0.5) is 16.2 Å². The quantitative estimate of drug-likeness (QED) is 0.641. The highest BCUT2D eigenvalue weighted by atomic mass is 32.1. The van der Waals surface area contributed by atoms with Crippen LogP contribution in [0, 0.1) is 0 Å². The summed E-state index contributed by atoms with van der Waals surface area (Å²) in [6, 6.07) is 1.66. The highest BCUT2D eigenvalue weighted by Crippen LogP contribution is 2.40. The number of anilines is 2. The predicted molar refractivity (Wildman–Crippen MR) is 118 cm³/mol. The molecule has 154 valence electrons. The van der Waals surface area contributed by atoms with Crippen LogP contribution in [-0.2, 0) is 4.43 Å². The number of fused-ring (bicyclic) bond motifs is 1. The standard InChI is InChI=1S/C19H30N4O3SSi/c1-19(2,3)28(4,5)26-15-6-8-23(11-14(15)22-18(24)25)16-12(20)10-21-13-7-9-27-17(13)16/h7,9-10,14-15,22H,6,8,11,20H2,1-5H3,(H,24,25). The smallest absolute Gasteiger partial charge is 0.405 e. The topological polar surface area (TPSA) is 101 Å². The molecule has 1 aliphatic heterocycles. The number of rotatable bonds is 4. The summed E-state index contributed by atoms with van der Waals surface area (Å²) in [7, 11) is -2.01. The van der Waals surface area contributed by atoms with Gasteiger partial charge in [-0.1, -0.05) is 20.8 Å². The number of nitrogens with one attached hydrogen (secondary N) is 1. The Hall–Kier alpha value is -1.84. The lowest BCUT2D eigenvalue weighted by Crippen LogP contribution is -2.59. The fourth-order valence-electron chi connectivity index (χ4n) is 3.37. The highest BCUT2D eigenvalue weighted by Gasteiger charge is 2.42. The zero-order chi connectivity index (χ0) is 20.7. The van der Waals surface area contributed by atoms with Gasteiger partial charge in [-0.3, -0.25) is 4.98 Å². The Morgan fingerprint density at radius 2 is 2.18 bits per heavy atom. The molecule has 0 aromatic carbocycles. The molecule has 0 saturated carbocycles. The summed E-state index contributed by atoms with van der Waals surface area (Å²) < 4.78 is 7.63. The molecule has 1 saturated heterocycles. The molecule has 1 fully saturated rings. The lowest BCUT2D eigenvalue weighted by molar-refractivity contribution is 0.110. The van der Waals surface area contributed by atoms with Gasteiger partial charge in [0.2, 0.25) is 0 Å². The van der Waals surface area contributed by atoms with Gasteiger partial charge in [-0.15, -0.1) is 11.3 Å². The van der Waals surface area contributed by atoms with Crippen molar-refractivity contribution in [1.82, 2.24) is 10.3 Å². The maximum absolute atomic E-state index is 11.5. The van der Waals surface area contributed by atoms with Gasteiger partial charge in [-0.05, 0) is 36.0 Å². The second-order valence-electron chi connectivity index (χ2n) is 8.90. The number of amides is 1. The summed E-state index contributed by atoms with van der Waals surface area (Å²) >= 11 is 1.61. The van der Waals surface area contributed by atoms with Gasteiger partial charge in [0.05, 0.1) is 39.9 Å². The van der Waals surface area contributed by atoms with E-state index in [-0.39, 0.29) is 17.2 Å². The number of nitrogens with two attached hydrogens (primary N) is 1. The van der Waals surface area contributed by atoms with Crippen molar-refractivity contribution in [2.24, 2.45) is 0 Å². The Morgan fingerprint density at radius 3 is 2.82 bits per heavy atom. The molecule has 0 radical (unpaired) electrons. The average molecular weight is 423 g/mol. The summed E-state index contributed by atoms with van der Waals surface area (Å²) in [6.07, 6.45) is 1.25. The minimum atomic E-state index is -2.01. The van der Waals surface area contributed by atoms with Gasteiger partial charge in [0.1, 0.15) is 0 Å². The first-order chi connectivity index (χ1) is 13.0. The van der Waals surface area contributed by atoms with Gasteiger partial charge in [0, 0.05) is 13.1 Å². The van der Waals surface area contributed by atoms with Crippen molar-refractivity contribution in [2.45, 2.75) is 57.5 Å². The summed E-state index contributed by atoms with van der Waals surface area (Å²) in [6.45, 7) is 12.3. The van der Waals surface area contributed by atoms with Crippen molar-refractivity contribution >= 4 is 47.3 Å². The van der Waals surface area contributed by atoms with E-state index in [0.29, 0.717) is 12.2 Å². The molecule has 9 heteroatoms. The van der Waals surface area contributed by atoms with Crippen molar-refractivity contribution in [3.05, 3.63) is 17.6 Å². The number of pyridine rings is 1. The zero-order valence-corrected chi connectivity index (χ0v) is 19.0. The third-order valence-electron chi connectivity index (χ3n) is 5.90. The number of carbonyl (C=O) groups is 1. The fraction of sp³-hybridized carbons (Fsp3) is 0.579. The Kier molecular flexibility index (Phi) is 5.61. The van der Waals surface area contributed by atoms with Crippen molar-refractivity contribution in [1.29, 1.82) is 0 Å². The second kappa shape index (κ2) is 7.53. The molecule has 2 aromatic heterocycles. The van der Waals surface area contributed by atoms with Crippen molar-refractivity contribution in [2.75, 3.05) is 23.7 Å². The number of piperidine rings is 1. The second-order valence-corrected chi connectivity index (χ2v) is 14.6. The van der Waals surface area contributed by atoms with E-state index in [1.165, 1.54) is 0 Å². The van der Waals surface area contributed by atoms with E-state index >= 15 is 0 Å². The van der Waals surface area contributed by atoms with E-state index in [2.05, 4.69) is 49.1 Å². The number of thiophene rings is 1. The summed E-state index contributed by atoms with van der Waals surface area (Å²) in [4.78, 5) is 18.0. The van der Waals surface area contributed by atoms with Crippen molar-refractivity contribution in [3.63, 3.8) is 0 Å². The molecule has 0 bridgehead atoms. The molecule has 2 atom stereocenters. The Morgan fingerprint density at radius 1 is 1.46 bits per heavy atom. The third-order valence-corrected chi connectivity index (χ3v) is 11.3. The lowest BCUT2D eigenvalue weighted by atomic mass is 10.0. The van der Waals surface area contributed by atoms with Gasteiger partial charge in [-0.25, -0.2) is 4.79 Å². The Labute approximate surface area is 171 Å². The van der Waals surface area contributed by atoms with Crippen LogP contribution in [0.3, 0.4) is 0 Å². The Bertz CT molecular complexity index is 864. The molecule has 2 unspecified atom stereocenters. The van der Waals surface area contributed by atoms with Gasteiger partial charge >= 0.3 is 6.09 Å². The van der Waals surface area contributed by atoms with Crippen LogP contribution in [-0.4, -0.2) is 49.7 Å².